The Kier molecular flexibility index (Phi) is 5.17. The number of benzene rings is 2. The largest absolute Gasteiger partial charge is 0.309 e. The van der Waals surface area contributed by atoms with Gasteiger partial charge in [-0.2, -0.15) is 4.68 Å². The van der Waals surface area contributed by atoms with Crippen LogP contribution < -0.4 is 4.90 Å². The summed E-state index contributed by atoms with van der Waals surface area (Å²) in [6, 6.07) is 14.5. The molecular formula is C21H23N5OS. The monoisotopic (exact) mass is 393 g/mol. The molecule has 0 N–H and O–H groups in total. The minimum absolute atomic E-state index is 0.0832. The number of fused-ring (bicyclic) bond motifs is 1. The molecule has 7 heteroatoms. The van der Waals surface area contributed by atoms with Crippen LogP contribution in [0.5, 0.6) is 0 Å². The summed E-state index contributed by atoms with van der Waals surface area (Å²) >= 11 is 1.38. The van der Waals surface area contributed by atoms with Crippen molar-refractivity contribution >= 4 is 23.4 Å². The van der Waals surface area contributed by atoms with E-state index in [2.05, 4.69) is 41.5 Å². The summed E-state index contributed by atoms with van der Waals surface area (Å²) in [5, 5.41) is 12.7. The van der Waals surface area contributed by atoms with Crippen molar-refractivity contribution in [1.82, 2.24) is 20.2 Å². The summed E-state index contributed by atoms with van der Waals surface area (Å²) < 4.78 is 1.71. The van der Waals surface area contributed by atoms with Crippen molar-refractivity contribution in [3.8, 4) is 5.69 Å². The van der Waals surface area contributed by atoms with Gasteiger partial charge in [0.05, 0.1) is 11.4 Å². The predicted octanol–water partition coefficient (Wildman–Crippen LogP) is 3.74. The van der Waals surface area contributed by atoms with Crippen LogP contribution in [0.15, 0.2) is 47.6 Å². The fraction of sp³-hybridized carbons (Fsp3) is 0.333. The Bertz CT molecular complexity index is 1020. The summed E-state index contributed by atoms with van der Waals surface area (Å²) in [4.78, 5) is 15.0. The SMILES string of the molecule is Cc1ccc(-n2nnnc2SCC(=O)N2c3ccccc3CCC2C)c(C)c1. The van der Waals surface area contributed by atoms with Gasteiger partial charge in [-0.1, -0.05) is 47.7 Å². The van der Waals surface area contributed by atoms with Crippen LogP contribution in [0.1, 0.15) is 30.0 Å². The third-order valence-electron chi connectivity index (χ3n) is 5.14. The standard InChI is InChI=1S/C21H23N5OS/c1-14-8-11-18(15(2)12-14)26-21(22-23-24-26)28-13-20(27)25-16(3)9-10-17-6-4-5-7-19(17)25/h4-8,11-12,16H,9-10,13H2,1-3H3. The summed E-state index contributed by atoms with van der Waals surface area (Å²) in [5.41, 5.74) is 5.48. The number of aryl methyl sites for hydroxylation is 3. The Morgan fingerprint density at radius 3 is 2.82 bits per heavy atom. The molecule has 0 radical (unpaired) electrons. The second kappa shape index (κ2) is 7.75. The number of hydrogen-bond donors (Lipinski definition) is 0. The average Bonchev–Trinajstić information content (AvgIpc) is 3.14. The molecule has 1 amide bonds. The smallest absolute Gasteiger partial charge is 0.237 e. The molecule has 3 aromatic rings. The van der Waals surface area contributed by atoms with Crippen molar-refractivity contribution in [2.45, 2.75) is 44.8 Å². The zero-order valence-electron chi connectivity index (χ0n) is 16.3. The number of carbonyl (C=O) groups excluding carboxylic acids is 1. The van der Waals surface area contributed by atoms with E-state index in [1.807, 2.05) is 42.2 Å². The van der Waals surface area contributed by atoms with Gasteiger partial charge >= 0.3 is 0 Å². The minimum atomic E-state index is 0.0832. The van der Waals surface area contributed by atoms with Crippen molar-refractivity contribution in [2.24, 2.45) is 0 Å². The van der Waals surface area contributed by atoms with Crippen LogP contribution >= 0.6 is 11.8 Å². The normalized spacial score (nSPS) is 16.1. The lowest BCUT2D eigenvalue weighted by molar-refractivity contribution is -0.116. The highest BCUT2D eigenvalue weighted by Gasteiger charge is 2.28. The van der Waals surface area contributed by atoms with E-state index in [-0.39, 0.29) is 11.9 Å². The van der Waals surface area contributed by atoms with Crippen molar-refractivity contribution in [2.75, 3.05) is 10.7 Å². The molecule has 6 nitrogen and oxygen atoms in total. The van der Waals surface area contributed by atoms with Gasteiger partial charge in [-0.15, -0.1) is 5.10 Å². The van der Waals surface area contributed by atoms with E-state index < -0.39 is 0 Å². The van der Waals surface area contributed by atoms with E-state index in [9.17, 15) is 4.79 Å². The molecule has 1 aliphatic heterocycles. The van der Waals surface area contributed by atoms with Crippen LogP contribution in [0.2, 0.25) is 0 Å². The molecule has 0 spiro atoms. The molecule has 0 saturated heterocycles. The second-order valence-corrected chi connectivity index (χ2v) is 8.17. The van der Waals surface area contributed by atoms with Gasteiger partial charge in [-0.3, -0.25) is 4.79 Å². The molecule has 0 aliphatic carbocycles. The summed E-state index contributed by atoms with van der Waals surface area (Å²) in [7, 11) is 0. The number of anilines is 1. The first kappa shape index (κ1) is 18.7. The fourth-order valence-electron chi connectivity index (χ4n) is 3.73. The van der Waals surface area contributed by atoms with Gasteiger partial charge in [-0.05, 0) is 67.3 Å². The molecule has 1 unspecified atom stereocenters. The van der Waals surface area contributed by atoms with E-state index in [1.165, 1.54) is 22.9 Å². The van der Waals surface area contributed by atoms with Gasteiger partial charge in [0.25, 0.3) is 0 Å². The van der Waals surface area contributed by atoms with Crippen LogP contribution in [0, 0.1) is 13.8 Å². The quantitative estimate of drug-likeness (QED) is 0.632. The van der Waals surface area contributed by atoms with Gasteiger partial charge in [0.15, 0.2) is 0 Å². The first-order valence-corrected chi connectivity index (χ1v) is 10.4. The number of thioether (sulfide) groups is 1. The zero-order valence-corrected chi connectivity index (χ0v) is 17.1. The van der Waals surface area contributed by atoms with Crippen molar-refractivity contribution < 1.29 is 4.79 Å². The number of para-hydroxylation sites is 1. The summed E-state index contributed by atoms with van der Waals surface area (Å²) in [6.07, 6.45) is 1.99. The molecular weight excluding hydrogens is 370 g/mol. The number of hydrogen-bond acceptors (Lipinski definition) is 5. The maximum Gasteiger partial charge on any atom is 0.237 e. The van der Waals surface area contributed by atoms with E-state index in [4.69, 9.17) is 0 Å². The highest BCUT2D eigenvalue weighted by atomic mass is 32.2. The summed E-state index contributed by atoms with van der Waals surface area (Å²) in [6.45, 7) is 6.20. The van der Waals surface area contributed by atoms with Crippen LogP contribution in [0.3, 0.4) is 0 Å². The topological polar surface area (TPSA) is 63.9 Å². The summed E-state index contributed by atoms with van der Waals surface area (Å²) in [5.74, 6) is 0.379. The Morgan fingerprint density at radius 1 is 1.18 bits per heavy atom. The Hall–Kier alpha value is -2.67. The van der Waals surface area contributed by atoms with Gasteiger partial charge in [0, 0.05) is 11.7 Å². The number of amides is 1. The lowest BCUT2D eigenvalue weighted by Crippen LogP contribution is -2.43. The van der Waals surface area contributed by atoms with Crippen LogP contribution in [-0.2, 0) is 11.2 Å². The molecule has 2 heterocycles. The molecule has 2 aromatic carbocycles. The molecule has 0 bridgehead atoms. The van der Waals surface area contributed by atoms with E-state index >= 15 is 0 Å². The number of aromatic nitrogens is 4. The average molecular weight is 394 g/mol. The first-order valence-electron chi connectivity index (χ1n) is 9.43. The molecule has 4 rings (SSSR count). The van der Waals surface area contributed by atoms with Gasteiger partial charge < -0.3 is 4.90 Å². The maximum absolute atomic E-state index is 13.1. The number of tetrazole rings is 1. The molecule has 1 aliphatic rings. The van der Waals surface area contributed by atoms with Crippen molar-refractivity contribution in [1.29, 1.82) is 0 Å². The Labute approximate surface area is 168 Å². The Morgan fingerprint density at radius 2 is 2.00 bits per heavy atom. The number of nitrogens with zero attached hydrogens (tertiary/aromatic N) is 5. The third kappa shape index (κ3) is 3.54. The second-order valence-electron chi connectivity index (χ2n) is 7.23. The fourth-order valence-corrected chi connectivity index (χ4v) is 4.47. The highest BCUT2D eigenvalue weighted by molar-refractivity contribution is 7.99. The number of rotatable bonds is 4. The maximum atomic E-state index is 13.1. The molecule has 1 atom stereocenters. The zero-order chi connectivity index (χ0) is 19.7. The van der Waals surface area contributed by atoms with Gasteiger partial charge in [0.2, 0.25) is 11.1 Å². The van der Waals surface area contributed by atoms with Gasteiger partial charge in [-0.25, -0.2) is 0 Å². The first-order chi connectivity index (χ1) is 13.5. The van der Waals surface area contributed by atoms with E-state index in [1.54, 1.807) is 4.68 Å². The molecule has 0 saturated carbocycles. The Balaban J connectivity index is 1.53. The molecule has 1 aromatic heterocycles. The lowest BCUT2D eigenvalue weighted by Gasteiger charge is -2.35. The van der Waals surface area contributed by atoms with Crippen LogP contribution in [0.25, 0.3) is 5.69 Å². The molecule has 0 fully saturated rings. The third-order valence-corrected chi connectivity index (χ3v) is 6.04. The molecule has 144 valence electrons. The lowest BCUT2D eigenvalue weighted by atomic mass is 9.97. The van der Waals surface area contributed by atoms with E-state index in [0.29, 0.717) is 10.9 Å². The highest BCUT2D eigenvalue weighted by Crippen LogP contribution is 2.31. The van der Waals surface area contributed by atoms with Crippen molar-refractivity contribution in [3.05, 3.63) is 59.2 Å². The van der Waals surface area contributed by atoms with Crippen LogP contribution in [0.4, 0.5) is 5.69 Å². The molecule has 28 heavy (non-hydrogen) atoms. The van der Waals surface area contributed by atoms with Gasteiger partial charge in [0.1, 0.15) is 0 Å². The van der Waals surface area contributed by atoms with Crippen molar-refractivity contribution in [3.63, 3.8) is 0 Å². The van der Waals surface area contributed by atoms with E-state index in [0.717, 1.165) is 29.8 Å². The number of carbonyl (C=O) groups is 1. The minimum Gasteiger partial charge on any atom is -0.309 e. The predicted molar refractivity (Wildman–Crippen MR) is 111 cm³/mol. The van der Waals surface area contributed by atoms with Crippen LogP contribution in [-0.4, -0.2) is 37.9 Å².